The van der Waals surface area contributed by atoms with E-state index in [4.69, 9.17) is 11.6 Å². The van der Waals surface area contributed by atoms with Gasteiger partial charge in [-0.25, -0.2) is 0 Å². The number of aryl methyl sites for hydroxylation is 1. The summed E-state index contributed by atoms with van der Waals surface area (Å²) in [6.07, 6.45) is 1.34. The zero-order valence-electron chi connectivity index (χ0n) is 7.20. The molecule has 1 aromatic rings. The summed E-state index contributed by atoms with van der Waals surface area (Å²) >= 11 is 5.62. The quantitative estimate of drug-likeness (QED) is 0.674. The molecule has 0 amide bonds. The van der Waals surface area contributed by atoms with Crippen molar-refractivity contribution in [1.82, 2.24) is 0 Å². The van der Waals surface area contributed by atoms with Gasteiger partial charge in [-0.1, -0.05) is 35.9 Å². The minimum Gasteiger partial charge on any atom is -0.384 e. The molecule has 0 saturated heterocycles. The molecule has 0 spiro atoms. The molecule has 1 atom stereocenters. The lowest BCUT2D eigenvalue weighted by Crippen LogP contribution is -2.11. The number of benzene rings is 1. The topological polar surface area (TPSA) is 20.2 Å². The lowest BCUT2D eigenvalue weighted by molar-refractivity contribution is 0.205. The van der Waals surface area contributed by atoms with Crippen LogP contribution in [0, 0.1) is 0 Å². The Balaban J connectivity index is 2.45. The molecule has 0 radical (unpaired) electrons. The molecule has 0 heterocycles. The van der Waals surface area contributed by atoms with Gasteiger partial charge < -0.3 is 5.11 Å². The Kier molecular flexibility index (Phi) is 2.38. The highest BCUT2D eigenvalue weighted by Gasteiger charge is 2.21. The van der Waals surface area contributed by atoms with E-state index in [1.54, 1.807) is 0 Å². The maximum atomic E-state index is 9.87. The monoisotopic (exact) mass is 194 g/mol. The molecule has 1 aromatic carbocycles. The highest BCUT2D eigenvalue weighted by Crippen LogP contribution is 2.33. The van der Waals surface area contributed by atoms with E-state index in [9.17, 15) is 5.11 Å². The minimum absolute atomic E-state index is 0.498. The normalized spacial score (nSPS) is 24.5. The lowest BCUT2D eigenvalue weighted by atomic mass is 9.86. The van der Waals surface area contributed by atoms with Gasteiger partial charge in [0.25, 0.3) is 0 Å². The van der Waals surface area contributed by atoms with Gasteiger partial charge in [0, 0.05) is 5.54 Å². The summed E-state index contributed by atoms with van der Waals surface area (Å²) in [5.74, 6) is 0. The zero-order chi connectivity index (χ0) is 9.26. The number of rotatable bonds is 0. The standard InChI is InChI=1S/C11H11ClO/c12-7-9-6-5-8-3-1-2-4-10(8)11(9)13/h1-4,7,11,13H,5-6H2/b9-7+. The highest BCUT2D eigenvalue weighted by molar-refractivity contribution is 6.25. The smallest absolute Gasteiger partial charge is 0.101 e. The fraction of sp³-hybridized carbons (Fsp3) is 0.273. The van der Waals surface area contributed by atoms with Gasteiger partial charge in [-0.05, 0) is 29.5 Å². The Bertz CT molecular complexity index is 344. The second kappa shape index (κ2) is 3.52. The Morgan fingerprint density at radius 1 is 1.31 bits per heavy atom. The fourth-order valence-corrected chi connectivity index (χ4v) is 1.99. The first-order valence-electron chi connectivity index (χ1n) is 4.38. The summed E-state index contributed by atoms with van der Waals surface area (Å²) in [6, 6.07) is 7.96. The molecule has 0 bridgehead atoms. The van der Waals surface area contributed by atoms with Crippen molar-refractivity contribution in [3.05, 3.63) is 46.5 Å². The molecule has 0 aliphatic heterocycles. The Morgan fingerprint density at radius 3 is 2.85 bits per heavy atom. The third kappa shape index (κ3) is 1.50. The van der Waals surface area contributed by atoms with Crippen LogP contribution in [0.15, 0.2) is 35.4 Å². The van der Waals surface area contributed by atoms with Crippen molar-refractivity contribution in [3.8, 4) is 0 Å². The molecule has 1 unspecified atom stereocenters. The van der Waals surface area contributed by atoms with E-state index in [2.05, 4.69) is 6.07 Å². The third-order valence-electron chi connectivity index (χ3n) is 2.52. The number of aliphatic hydroxyl groups excluding tert-OH is 1. The van der Waals surface area contributed by atoms with Gasteiger partial charge in [-0.2, -0.15) is 0 Å². The number of hydrogen-bond acceptors (Lipinski definition) is 1. The van der Waals surface area contributed by atoms with Crippen LogP contribution in [0.2, 0.25) is 0 Å². The summed E-state index contributed by atoms with van der Waals surface area (Å²) in [6.45, 7) is 0. The van der Waals surface area contributed by atoms with Crippen molar-refractivity contribution in [3.63, 3.8) is 0 Å². The Morgan fingerprint density at radius 2 is 2.08 bits per heavy atom. The molecule has 1 nitrogen and oxygen atoms in total. The van der Waals surface area contributed by atoms with E-state index in [0.717, 1.165) is 24.0 Å². The van der Waals surface area contributed by atoms with E-state index in [-0.39, 0.29) is 0 Å². The van der Waals surface area contributed by atoms with Crippen LogP contribution in [0.5, 0.6) is 0 Å². The molecule has 1 N–H and O–H groups in total. The van der Waals surface area contributed by atoms with E-state index in [1.807, 2.05) is 18.2 Å². The van der Waals surface area contributed by atoms with Crippen LogP contribution in [-0.4, -0.2) is 5.11 Å². The molecule has 68 valence electrons. The molecule has 13 heavy (non-hydrogen) atoms. The summed E-state index contributed by atoms with van der Waals surface area (Å²) < 4.78 is 0. The molecule has 0 aromatic heterocycles. The van der Waals surface area contributed by atoms with Crippen molar-refractivity contribution < 1.29 is 5.11 Å². The largest absolute Gasteiger partial charge is 0.384 e. The van der Waals surface area contributed by atoms with Crippen LogP contribution in [0.3, 0.4) is 0 Å². The van der Waals surface area contributed by atoms with E-state index >= 15 is 0 Å². The molecule has 2 rings (SSSR count). The highest BCUT2D eigenvalue weighted by atomic mass is 35.5. The number of halogens is 1. The molecule has 0 saturated carbocycles. The van der Waals surface area contributed by atoms with Crippen LogP contribution in [0.4, 0.5) is 0 Å². The predicted molar refractivity (Wildman–Crippen MR) is 53.7 cm³/mol. The first-order valence-corrected chi connectivity index (χ1v) is 4.81. The number of aliphatic hydroxyl groups is 1. The van der Waals surface area contributed by atoms with Crippen LogP contribution in [-0.2, 0) is 6.42 Å². The van der Waals surface area contributed by atoms with Gasteiger partial charge in [-0.15, -0.1) is 0 Å². The van der Waals surface area contributed by atoms with E-state index < -0.39 is 6.10 Å². The second-order valence-electron chi connectivity index (χ2n) is 3.29. The lowest BCUT2D eigenvalue weighted by Gasteiger charge is -2.23. The third-order valence-corrected chi connectivity index (χ3v) is 2.80. The van der Waals surface area contributed by atoms with E-state index in [0.29, 0.717) is 0 Å². The molecule has 1 aliphatic rings. The summed E-state index contributed by atoms with van der Waals surface area (Å²) in [5, 5.41) is 9.87. The average molecular weight is 195 g/mol. The SMILES string of the molecule is OC1/C(=C/Cl)CCc2ccccc21. The molecular weight excluding hydrogens is 184 g/mol. The van der Waals surface area contributed by atoms with Crippen molar-refractivity contribution in [2.24, 2.45) is 0 Å². The van der Waals surface area contributed by atoms with Crippen molar-refractivity contribution in [2.75, 3.05) is 0 Å². The van der Waals surface area contributed by atoms with Gasteiger partial charge in [0.15, 0.2) is 0 Å². The maximum Gasteiger partial charge on any atom is 0.101 e. The van der Waals surface area contributed by atoms with Crippen LogP contribution in [0.1, 0.15) is 23.7 Å². The number of fused-ring (bicyclic) bond motifs is 1. The molecule has 0 fully saturated rings. The number of hydrogen-bond donors (Lipinski definition) is 1. The van der Waals surface area contributed by atoms with Crippen LogP contribution in [0.25, 0.3) is 0 Å². The van der Waals surface area contributed by atoms with Crippen molar-refractivity contribution >= 4 is 11.6 Å². The van der Waals surface area contributed by atoms with Gasteiger partial charge in [0.05, 0.1) is 0 Å². The zero-order valence-corrected chi connectivity index (χ0v) is 7.96. The van der Waals surface area contributed by atoms with Crippen LogP contribution < -0.4 is 0 Å². The van der Waals surface area contributed by atoms with Crippen molar-refractivity contribution in [1.29, 1.82) is 0 Å². The minimum atomic E-state index is -0.498. The van der Waals surface area contributed by atoms with Gasteiger partial charge >= 0.3 is 0 Å². The van der Waals surface area contributed by atoms with Crippen molar-refractivity contribution in [2.45, 2.75) is 18.9 Å². The summed E-state index contributed by atoms with van der Waals surface area (Å²) in [7, 11) is 0. The Labute approximate surface area is 82.7 Å². The maximum absolute atomic E-state index is 9.87. The van der Waals surface area contributed by atoms with Gasteiger partial charge in [0.1, 0.15) is 6.10 Å². The predicted octanol–water partition coefficient (Wildman–Crippen LogP) is 2.79. The first kappa shape index (κ1) is 8.79. The van der Waals surface area contributed by atoms with Crippen LogP contribution >= 0.6 is 11.6 Å². The van der Waals surface area contributed by atoms with E-state index in [1.165, 1.54) is 11.1 Å². The average Bonchev–Trinajstić information content (AvgIpc) is 2.19. The molecule has 2 heteroatoms. The second-order valence-corrected chi connectivity index (χ2v) is 3.50. The first-order chi connectivity index (χ1) is 6.33. The molecular formula is C11H11ClO. The summed E-state index contributed by atoms with van der Waals surface area (Å²) in [5.41, 5.74) is 4.65. The van der Waals surface area contributed by atoms with Gasteiger partial charge in [-0.3, -0.25) is 0 Å². The fourth-order valence-electron chi connectivity index (χ4n) is 1.76. The molecule has 1 aliphatic carbocycles. The Hall–Kier alpha value is -0.790. The van der Waals surface area contributed by atoms with Gasteiger partial charge in [0.2, 0.25) is 0 Å². The summed E-state index contributed by atoms with van der Waals surface area (Å²) in [4.78, 5) is 0.